The predicted molar refractivity (Wildman–Crippen MR) is 338 cm³/mol. The van der Waals surface area contributed by atoms with Crippen molar-refractivity contribution in [2.45, 2.75) is 85.5 Å². The van der Waals surface area contributed by atoms with Crippen molar-refractivity contribution in [3.63, 3.8) is 0 Å². The van der Waals surface area contributed by atoms with Crippen molar-refractivity contribution >= 4 is 58.4 Å². The highest BCUT2D eigenvalue weighted by Crippen LogP contribution is 2.54. The molecule has 13 rings (SSSR count). The Balaban J connectivity index is 0.736. The Morgan fingerprint density at radius 1 is 0.253 bits per heavy atom. The Labute approximate surface area is 468 Å². The summed E-state index contributed by atoms with van der Waals surface area (Å²) >= 11 is 0. The van der Waals surface area contributed by atoms with Crippen LogP contribution in [0.3, 0.4) is 0 Å². The highest BCUT2D eigenvalue weighted by molar-refractivity contribution is 5.91. The molecule has 2 heteroatoms. The molecule has 0 fully saturated rings. The van der Waals surface area contributed by atoms with Gasteiger partial charge in [-0.1, -0.05) is 224 Å². The first-order valence-corrected chi connectivity index (χ1v) is 28.2. The Morgan fingerprint density at radius 3 is 0.709 bits per heavy atom. The van der Waals surface area contributed by atoms with Crippen molar-refractivity contribution in [1.82, 2.24) is 0 Å². The Kier molecular flexibility index (Phi) is 11.8. The number of nitrogens with zero attached hydrogens (tertiary/aromatic N) is 2. The number of hydrogen-bond acceptors (Lipinski definition) is 2. The van der Waals surface area contributed by atoms with E-state index in [1.807, 2.05) is 0 Å². The molecule has 0 spiro atoms. The Hall–Kier alpha value is -8.72. The molecule has 3 aliphatic rings. The Morgan fingerprint density at radius 2 is 0.468 bits per heavy atom. The fourth-order valence-corrected chi connectivity index (χ4v) is 13.4. The van der Waals surface area contributed by atoms with E-state index in [4.69, 9.17) is 0 Å². The van der Waals surface area contributed by atoms with Gasteiger partial charge in [0.25, 0.3) is 0 Å². The number of hydrogen-bond donors (Lipinski definition) is 0. The Bertz CT molecular complexity index is 3820. The van der Waals surface area contributed by atoms with Crippen LogP contribution in [0.2, 0.25) is 0 Å². The highest BCUT2D eigenvalue weighted by atomic mass is 15.2. The topological polar surface area (TPSA) is 6.48 Å². The molecule has 10 aromatic carbocycles. The summed E-state index contributed by atoms with van der Waals surface area (Å²) in [5.74, 6) is 0. The van der Waals surface area contributed by atoms with E-state index in [9.17, 15) is 0 Å². The third-order valence-corrected chi connectivity index (χ3v) is 18.0. The van der Waals surface area contributed by atoms with Gasteiger partial charge in [-0.05, 0) is 187 Å². The lowest BCUT2D eigenvalue weighted by Gasteiger charge is -2.30. The second-order valence-electron chi connectivity index (χ2n) is 24.0. The summed E-state index contributed by atoms with van der Waals surface area (Å²) in [6.45, 7) is 23.1. The van der Waals surface area contributed by atoms with Gasteiger partial charge < -0.3 is 9.80 Å². The van der Waals surface area contributed by atoms with Gasteiger partial charge in [0.1, 0.15) is 0 Å². The normalized spacial score (nSPS) is 14.7. The smallest absolute Gasteiger partial charge is 0.0490 e. The summed E-state index contributed by atoms with van der Waals surface area (Å²) in [5, 5.41) is 0. The van der Waals surface area contributed by atoms with Crippen LogP contribution in [0, 0.1) is 27.7 Å². The van der Waals surface area contributed by atoms with Crippen LogP contribution in [0.1, 0.15) is 119 Å². The molecule has 2 nitrogen and oxygen atoms in total. The summed E-state index contributed by atoms with van der Waals surface area (Å²) in [6.07, 6.45) is 9.19. The van der Waals surface area contributed by atoms with Crippen molar-refractivity contribution in [2.75, 3.05) is 9.80 Å². The van der Waals surface area contributed by atoms with Crippen LogP contribution in [0.15, 0.2) is 206 Å². The summed E-state index contributed by atoms with van der Waals surface area (Å²) < 4.78 is 0. The molecule has 0 saturated heterocycles. The third kappa shape index (κ3) is 8.22. The number of rotatable bonds is 10. The van der Waals surface area contributed by atoms with E-state index >= 15 is 0 Å². The van der Waals surface area contributed by atoms with E-state index in [1.165, 1.54) is 145 Å². The minimum atomic E-state index is -0.172. The molecule has 0 heterocycles. The largest absolute Gasteiger partial charge is 0.310 e. The van der Waals surface area contributed by atoms with E-state index in [-0.39, 0.29) is 16.2 Å². The molecule has 10 aromatic rings. The number of benzene rings is 10. The van der Waals surface area contributed by atoms with Gasteiger partial charge in [0, 0.05) is 50.4 Å². The van der Waals surface area contributed by atoms with Crippen LogP contribution in [0.25, 0.3) is 57.7 Å². The quantitative estimate of drug-likeness (QED) is 0.126. The first-order chi connectivity index (χ1) is 38.1. The first kappa shape index (κ1) is 49.8. The summed E-state index contributed by atoms with van der Waals surface area (Å²) in [7, 11) is 0. The van der Waals surface area contributed by atoms with E-state index in [0.717, 1.165) is 0 Å². The molecule has 0 aromatic heterocycles. The maximum Gasteiger partial charge on any atom is 0.0490 e. The third-order valence-electron chi connectivity index (χ3n) is 18.0. The second kappa shape index (κ2) is 18.7. The molecular weight excluding hydrogens is 953 g/mol. The van der Waals surface area contributed by atoms with Gasteiger partial charge >= 0.3 is 0 Å². The standard InChI is InChI=1S/C77H68N2/c1-49-19-11-15-23-71(49)78(72-24-16-12-20-50(72)2)57-35-41-63-61-39-33-55(45-67(61)76(7,8)69(63)47-57)29-27-53-31-37-59-60-38-32-54(44-66(60)75(5,6)65(59)43-53)28-30-56-34-40-62-64-42-36-58(48-70(64)77(9,10)68(62)46-56)79(73-25-17-13-21-51(73)3)74-26-18-14-22-52(74)4/h11-48H,1-10H3/b29-27+,30-28+. The van der Waals surface area contributed by atoms with E-state index in [0.29, 0.717) is 0 Å². The van der Waals surface area contributed by atoms with Crippen LogP contribution >= 0.6 is 0 Å². The highest BCUT2D eigenvalue weighted by Gasteiger charge is 2.39. The molecule has 0 radical (unpaired) electrons. The molecule has 0 aliphatic heterocycles. The molecule has 0 N–H and O–H groups in total. The summed E-state index contributed by atoms with van der Waals surface area (Å²) in [4.78, 5) is 4.87. The zero-order valence-electron chi connectivity index (χ0n) is 47.3. The maximum atomic E-state index is 2.43. The lowest BCUT2D eigenvalue weighted by Crippen LogP contribution is -2.17. The molecule has 0 amide bonds. The average Bonchev–Trinajstić information content (AvgIpc) is 4.16. The molecule has 0 atom stereocenters. The van der Waals surface area contributed by atoms with Crippen molar-refractivity contribution < 1.29 is 0 Å². The lowest BCUT2D eigenvalue weighted by molar-refractivity contribution is 0.660. The maximum absolute atomic E-state index is 2.43. The molecule has 0 unspecified atom stereocenters. The van der Waals surface area contributed by atoms with Crippen molar-refractivity contribution in [2.24, 2.45) is 0 Å². The average molecular weight is 1020 g/mol. The SMILES string of the molecule is Cc1ccccc1N(c1ccc2c(c1)C(C)(C)c1cc(/C=C/c3ccc4c(c3)C(C)(C)c3cc(/C=C/c5ccc6c(c5)C(C)(C)c5cc(N(c7ccccc7C)c7ccccc7C)ccc5-6)ccc3-4)ccc1-2)c1ccccc1C. The zero-order valence-corrected chi connectivity index (χ0v) is 47.3. The van der Waals surface area contributed by atoms with Crippen LogP contribution < -0.4 is 9.80 Å². The molecule has 0 bridgehead atoms. The fourth-order valence-electron chi connectivity index (χ4n) is 13.4. The summed E-state index contributed by atoms with van der Waals surface area (Å²) in [6, 6.07) is 77.2. The molecule has 3 aliphatic carbocycles. The second-order valence-corrected chi connectivity index (χ2v) is 24.0. The number of aryl methyl sites for hydroxylation is 4. The van der Waals surface area contributed by atoms with Crippen molar-refractivity contribution in [1.29, 1.82) is 0 Å². The molecule has 79 heavy (non-hydrogen) atoms. The van der Waals surface area contributed by atoms with Gasteiger partial charge in [-0.2, -0.15) is 0 Å². The summed E-state index contributed by atoms with van der Waals surface area (Å²) in [5.41, 5.74) is 32.7. The number of para-hydroxylation sites is 4. The molecular formula is C77H68N2. The predicted octanol–water partition coefficient (Wildman–Crippen LogP) is 21.1. The van der Waals surface area contributed by atoms with E-state index in [2.05, 4.69) is 310 Å². The molecule has 0 saturated carbocycles. The van der Waals surface area contributed by atoms with Gasteiger partial charge in [-0.15, -0.1) is 0 Å². The van der Waals surface area contributed by atoms with Crippen molar-refractivity contribution in [3.05, 3.63) is 284 Å². The number of fused-ring (bicyclic) bond motifs is 9. The minimum absolute atomic E-state index is 0.148. The van der Waals surface area contributed by atoms with Crippen LogP contribution in [0.4, 0.5) is 34.1 Å². The van der Waals surface area contributed by atoms with Crippen LogP contribution in [-0.2, 0) is 16.2 Å². The van der Waals surface area contributed by atoms with Gasteiger partial charge in [-0.3, -0.25) is 0 Å². The minimum Gasteiger partial charge on any atom is -0.310 e. The monoisotopic (exact) mass is 1020 g/mol. The number of anilines is 6. The van der Waals surface area contributed by atoms with Gasteiger partial charge in [-0.25, -0.2) is 0 Å². The molecule has 386 valence electrons. The fraction of sp³-hybridized carbons (Fsp3) is 0.169. The zero-order chi connectivity index (χ0) is 54.5. The van der Waals surface area contributed by atoms with Gasteiger partial charge in [0.15, 0.2) is 0 Å². The van der Waals surface area contributed by atoms with Crippen LogP contribution in [-0.4, -0.2) is 0 Å². The van der Waals surface area contributed by atoms with Gasteiger partial charge in [0.05, 0.1) is 0 Å². The van der Waals surface area contributed by atoms with E-state index in [1.54, 1.807) is 0 Å². The van der Waals surface area contributed by atoms with Crippen molar-refractivity contribution in [3.8, 4) is 33.4 Å². The van der Waals surface area contributed by atoms with Gasteiger partial charge in [0.2, 0.25) is 0 Å². The van der Waals surface area contributed by atoms with E-state index < -0.39 is 0 Å². The lowest BCUT2D eigenvalue weighted by atomic mass is 9.81. The van der Waals surface area contributed by atoms with Crippen LogP contribution in [0.5, 0.6) is 0 Å². The first-order valence-electron chi connectivity index (χ1n) is 28.2.